The Morgan fingerprint density at radius 3 is 1.75 bits per heavy atom. The highest BCUT2D eigenvalue weighted by atomic mass is 15.2. The van der Waals surface area contributed by atoms with Gasteiger partial charge in [-0.1, -0.05) is 173 Å². The number of benzene rings is 7. The summed E-state index contributed by atoms with van der Waals surface area (Å²) in [6.45, 7) is 27.9. The van der Waals surface area contributed by atoms with Crippen molar-refractivity contribution >= 4 is 46.2 Å². The van der Waals surface area contributed by atoms with E-state index >= 15 is 0 Å². The molecule has 61 heavy (non-hydrogen) atoms. The minimum atomic E-state index is -0.156. The van der Waals surface area contributed by atoms with E-state index in [1.54, 1.807) is 0 Å². The molecule has 0 saturated carbocycles. The van der Waals surface area contributed by atoms with Gasteiger partial charge < -0.3 is 9.71 Å². The van der Waals surface area contributed by atoms with Gasteiger partial charge in [-0.15, -0.1) is 0 Å². The lowest BCUT2D eigenvalue weighted by Crippen LogP contribution is -2.62. The molecule has 304 valence electrons. The fourth-order valence-corrected chi connectivity index (χ4v) is 10.5. The Kier molecular flexibility index (Phi) is 8.61. The molecule has 0 radical (unpaired) electrons. The molecule has 2 heterocycles. The van der Waals surface area contributed by atoms with Crippen LogP contribution in [0.15, 0.2) is 140 Å². The van der Waals surface area contributed by atoms with E-state index < -0.39 is 0 Å². The van der Waals surface area contributed by atoms with Crippen LogP contribution in [0.5, 0.6) is 0 Å². The lowest BCUT2D eigenvalue weighted by molar-refractivity contribution is 0.590. The molecule has 7 aromatic rings. The molecule has 0 saturated heterocycles. The van der Waals surface area contributed by atoms with Crippen LogP contribution in [0.25, 0.3) is 33.4 Å². The molecule has 0 spiro atoms. The Bertz CT molecular complexity index is 2900. The van der Waals surface area contributed by atoms with Crippen LogP contribution >= 0.6 is 0 Å². The maximum atomic E-state index is 2.69. The molecule has 3 heteroatoms. The molecule has 0 unspecified atom stereocenters. The Morgan fingerprint density at radius 1 is 0.443 bits per heavy atom. The summed E-state index contributed by atoms with van der Waals surface area (Å²) in [6.07, 6.45) is 0. The number of anilines is 5. The minimum absolute atomic E-state index is 0.00969. The van der Waals surface area contributed by atoms with Crippen molar-refractivity contribution in [3.05, 3.63) is 173 Å². The van der Waals surface area contributed by atoms with Crippen molar-refractivity contribution < 1.29 is 0 Å². The molecule has 1 aliphatic carbocycles. The van der Waals surface area contributed by atoms with E-state index in [0.717, 1.165) is 0 Å². The van der Waals surface area contributed by atoms with Gasteiger partial charge in [-0.3, -0.25) is 0 Å². The lowest BCUT2D eigenvalue weighted by Gasteiger charge is -2.47. The van der Waals surface area contributed by atoms with Crippen LogP contribution in [0, 0.1) is 6.92 Å². The molecular weight excluding hydrogens is 735 g/mol. The van der Waals surface area contributed by atoms with Crippen molar-refractivity contribution in [1.82, 2.24) is 0 Å². The van der Waals surface area contributed by atoms with E-state index in [0.29, 0.717) is 0 Å². The van der Waals surface area contributed by atoms with E-state index in [2.05, 4.69) is 232 Å². The highest BCUT2D eigenvalue weighted by molar-refractivity contribution is 6.93. The summed E-state index contributed by atoms with van der Waals surface area (Å²) in [6, 6.07) is 54.2. The van der Waals surface area contributed by atoms with E-state index in [-0.39, 0.29) is 28.5 Å². The van der Waals surface area contributed by atoms with Crippen LogP contribution in [-0.2, 0) is 21.7 Å². The molecule has 0 N–H and O–H groups in total. The number of fused-ring (bicyclic) bond motifs is 7. The molecule has 2 nitrogen and oxygen atoms in total. The molecule has 0 aromatic heterocycles. The number of hydrogen-bond donors (Lipinski definition) is 0. The van der Waals surface area contributed by atoms with Crippen molar-refractivity contribution in [3.8, 4) is 33.4 Å². The highest BCUT2D eigenvalue weighted by Crippen LogP contribution is 2.54. The largest absolute Gasteiger partial charge is 0.376 e. The van der Waals surface area contributed by atoms with E-state index in [4.69, 9.17) is 0 Å². The molecular formula is C58H59BN2. The van der Waals surface area contributed by atoms with E-state index in [1.807, 2.05) is 0 Å². The monoisotopic (exact) mass is 794 g/mol. The molecule has 0 amide bonds. The first-order chi connectivity index (χ1) is 28.8. The molecule has 0 atom stereocenters. The van der Waals surface area contributed by atoms with Gasteiger partial charge >= 0.3 is 6.85 Å². The van der Waals surface area contributed by atoms with Crippen molar-refractivity contribution in [2.45, 2.75) is 105 Å². The SMILES string of the molecule is Cc1cc2c3c(c1)N(c1ccc(C(C)(C)C)cc1-c1ccccc1)c1cc4c(cc1B3N(c1ccc(C(C)(C)C)cc1)c1cc(C(C)(C)C)ccc1-2)C(C)(C)c1ccccc1-4. The molecule has 3 aliphatic rings. The smallest absolute Gasteiger partial charge is 0.333 e. The third kappa shape index (κ3) is 6.13. The number of aryl methyl sites for hydroxylation is 1. The van der Waals surface area contributed by atoms with Crippen LogP contribution in [0.4, 0.5) is 28.4 Å². The maximum absolute atomic E-state index is 2.69. The van der Waals surface area contributed by atoms with E-state index in [1.165, 1.54) is 106 Å². The summed E-state index contributed by atoms with van der Waals surface area (Å²) in [4.78, 5) is 5.33. The number of rotatable bonds is 3. The average Bonchev–Trinajstić information content (AvgIpc) is 3.44. The second kappa shape index (κ2) is 13.4. The normalized spacial score (nSPS) is 14.9. The molecule has 0 bridgehead atoms. The summed E-state index contributed by atoms with van der Waals surface area (Å²) in [7, 11) is 0. The predicted molar refractivity (Wildman–Crippen MR) is 264 cm³/mol. The predicted octanol–water partition coefficient (Wildman–Crippen LogP) is 14.6. The highest BCUT2D eigenvalue weighted by Gasteiger charge is 2.48. The third-order valence-electron chi connectivity index (χ3n) is 14.0. The van der Waals surface area contributed by atoms with Gasteiger partial charge in [0.05, 0.1) is 5.69 Å². The Balaban J connectivity index is 1.35. The van der Waals surface area contributed by atoms with Gasteiger partial charge in [0.1, 0.15) is 0 Å². The zero-order valence-electron chi connectivity index (χ0n) is 38.3. The van der Waals surface area contributed by atoms with Crippen molar-refractivity contribution in [2.75, 3.05) is 9.71 Å². The summed E-state index contributed by atoms with van der Waals surface area (Å²) in [5.41, 5.74) is 24.6. The summed E-state index contributed by atoms with van der Waals surface area (Å²) in [5, 5.41) is 0. The topological polar surface area (TPSA) is 6.48 Å². The zero-order valence-corrected chi connectivity index (χ0v) is 38.3. The van der Waals surface area contributed by atoms with Crippen LogP contribution in [-0.4, -0.2) is 6.85 Å². The molecule has 7 aromatic carbocycles. The second-order valence-corrected chi connectivity index (χ2v) is 21.6. The molecule has 10 rings (SSSR count). The van der Waals surface area contributed by atoms with Gasteiger partial charge in [0.15, 0.2) is 0 Å². The van der Waals surface area contributed by atoms with E-state index in [9.17, 15) is 0 Å². The van der Waals surface area contributed by atoms with Gasteiger partial charge in [0.25, 0.3) is 0 Å². The fraction of sp³-hybridized carbons (Fsp3) is 0.276. The fourth-order valence-electron chi connectivity index (χ4n) is 10.5. The first-order valence-corrected chi connectivity index (χ1v) is 22.3. The second-order valence-electron chi connectivity index (χ2n) is 21.6. The Morgan fingerprint density at radius 2 is 1.07 bits per heavy atom. The van der Waals surface area contributed by atoms with Crippen LogP contribution in [0.1, 0.15) is 110 Å². The standard InChI is InChI=1S/C58H59BN2/c1-36-30-46-43-28-24-40(57(8,9)10)33-51(43)61(41-26-22-38(23-27-41)55(2,3)4)59-49-35-48-45(42-20-16-17-21-47(42)58(48,11)12)34-52(49)60(53(31-36)54(46)59)50-29-25-39(56(5,6)7)32-44(50)37-18-14-13-15-19-37/h13-35H,1-12H3. The summed E-state index contributed by atoms with van der Waals surface area (Å²) in [5.74, 6) is 0. The van der Waals surface area contributed by atoms with Gasteiger partial charge in [-0.05, 0) is 132 Å². The third-order valence-corrected chi connectivity index (χ3v) is 14.0. The molecule has 2 aliphatic heterocycles. The average molecular weight is 795 g/mol. The maximum Gasteiger partial charge on any atom is 0.333 e. The van der Waals surface area contributed by atoms with Gasteiger partial charge in [-0.2, -0.15) is 0 Å². The van der Waals surface area contributed by atoms with Crippen molar-refractivity contribution in [2.24, 2.45) is 0 Å². The van der Waals surface area contributed by atoms with Crippen LogP contribution < -0.4 is 20.6 Å². The van der Waals surface area contributed by atoms with Gasteiger partial charge in [0.2, 0.25) is 0 Å². The number of nitrogens with zero attached hydrogens (tertiary/aromatic N) is 2. The van der Waals surface area contributed by atoms with Crippen molar-refractivity contribution in [3.63, 3.8) is 0 Å². The zero-order chi connectivity index (χ0) is 43.0. The van der Waals surface area contributed by atoms with Crippen LogP contribution in [0.2, 0.25) is 0 Å². The minimum Gasteiger partial charge on any atom is -0.376 e. The lowest BCUT2D eigenvalue weighted by atomic mass is 9.43. The number of hydrogen-bond acceptors (Lipinski definition) is 2. The first kappa shape index (κ1) is 39.3. The van der Waals surface area contributed by atoms with Crippen LogP contribution in [0.3, 0.4) is 0 Å². The first-order valence-electron chi connectivity index (χ1n) is 22.3. The summed E-state index contributed by atoms with van der Waals surface area (Å²) >= 11 is 0. The Labute approximate surface area is 365 Å². The quantitative estimate of drug-likeness (QED) is 0.164. The van der Waals surface area contributed by atoms with Crippen molar-refractivity contribution in [1.29, 1.82) is 0 Å². The summed E-state index contributed by atoms with van der Waals surface area (Å²) < 4.78 is 0. The Hall–Kier alpha value is -5.80. The van der Waals surface area contributed by atoms with Gasteiger partial charge in [-0.25, -0.2) is 0 Å². The molecule has 0 fully saturated rings. The van der Waals surface area contributed by atoms with Gasteiger partial charge in [0, 0.05) is 39.3 Å².